The van der Waals surface area contributed by atoms with Crippen molar-refractivity contribution in [2.45, 2.75) is 36.9 Å². The first-order valence-corrected chi connectivity index (χ1v) is 7.59. The molecule has 2 N–H and O–H groups in total. The molecule has 0 bridgehead atoms. The molecule has 1 fully saturated rings. The predicted octanol–water partition coefficient (Wildman–Crippen LogP) is 4.28. The number of halogens is 3. The van der Waals surface area contributed by atoms with E-state index in [-0.39, 0.29) is 5.41 Å². The Morgan fingerprint density at radius 1 is 1.19 bits per heavy atom. The molecule has 112 valence electrons. The van der Waals surface area contributed by atoms with Crippen molar-refractivity contribution in [2.75, 3.05) is 0 Å². The van der Waals surface area contributed by atoms with Gasteiger partial charge in [-0.1, -0.05) is 36.8 Å². The van der Waals surface area contributed by atoms with Crippen LogP contribution in [0.15, 0.2) is 36.5 Å². The number of aromatic nitrogens is 1. The highest BCUT2D eigenvalue weighted by Gasteiger charge is 2.46. The molecule has 1 saturated carbocycles. The van der Waals surface area contributed by atoms with Gasteiger partial charge in [-0.15, -0.1) is 11.3 Å². The van der Waals surface area contributed by atoms with Crippen LogP contribution in [0.1, 0.15) is 40.8 Å². The number of thiazole rings is 1. The largest absolute Gasteiger partial charge is 0.443 e. The van der Waals surface area contributed by atoms with Gasteiger partial charge in [-0.3, -0.25) is 0 Å². The van der Waals surface area contributed by atoms with E-state index in [0.29, 0.717) is 16.2 Å². The van der Waals surface area contributed by atoms with Gasteiger partial charge in [0.15, 0.2) is 5.01 Å². The average molecular weight is 312 g/mol. The normalized spacial score (nSPS) is 19.0. The Balaban J connectivity index is 1.93. The van der Waals surface area contributed by atoms with Gasteiger partial charge in [-0.05, 0) is 18.4 Å². The number of rotatable bonds is 3. The smallest absolute Gasteiger partial charge is 0.322 e. The van der Waals surface area contributed by atoms with E-state index < -0.39 is 17.2 Å². The molecule has 1 atom stereocenters. The van der Waals surface area contributed by atoms with E-state index in [9.17, 15) is 13.2 Å². The molecule has 2 aromatic rings. The van der Waals surface area contributed by atoms with Gasteiger partial charge in [0.05, 0.1) is 6.04 Å². The zero-order chi connectivity index (χ0) is 15.1. The number of alkyl halides is 3. The molecule has 1 aliphatic carbocycles. The number of hydrogen-bond donors (Lipinski definition) is 1. The SMILES string of the molecule is NC(c1cnc(C(F)(F)F)s1)C1(c2ccccc2)CCC1. The topological polar surface area (TPSA) is 38.9 Å². The van der Waals surface area contributed by atoms with Crippen LogP contribution < -0.4 is 5.73 Å². The van der Waals surface area contributed by atoms with Gasteiger partial charge in [0.1, 0.15) is 0 Å². The second-order valence-corrected chi connectivity index (χ2v) is 6.48. The van der Waals surface area contributed by atoms with Gasteiger partial charge >= 0.3 is 6.18 Å². The molecule has 21 heavy (non-hydrogen) atoms. The Kier molecular flexibility index (Phi) is 3.53. The molecule has 0 spiro atoms. The van der Waals surface area contributed by atoms with Crippen LogP contribution in [0.4, 0.5) is 13.2 Å². The van der Waals surface area contributed by atoms with Gasteiger partial charge in [0.2, 0.25) is 0 Å². The second-order valence-electron chi connectivity index (χ2n) is 5.42. The van der Waals surface area contributed by atoms with Crippen molar-refractivity contribution in [1.29, 1.82) is 0 Å². The fourth-order valence-electron chi connectivity index (χ4n) is 2.94. The quantitative estimate of drug-likeness (QED) is 0.918. The Labute approximate surface area is 124 Å². The molecule has 0 radical (unpaired) electrons. The lowest BCUT2D eigenvalue weighted by atomic mass is 9.60. The van der Waals surface area contributed by atoms with Gasteiger partial charge < -0.3 is 5.73 Å². The maximum atomic E-state index is 12.7. The van der Waals surface area contributed by atoms with Gasteiger partial charge in [0, 0.05) is 16.5 Å². The van der Waals surface area contributed by atoms with E-state index in [2.05, 4.69) is 4.98 Å². The van der Waals surface area contributed by atoms with Crippen molar-refractivity contribution in [3.05, 3.63) is 52.0 Å². The molecule has 1 aromatic heterocycles. The zero-order valence-corrected chi connectivity index (χ0v) is 12.0. The molecular formula is C15H15F3N2S. The monoisotopic (exact) mass is 312 g/mol. The third kappa shape index (κ3) is 2.46. The van der Waals surface area contributed by atoms with Crippen molar-refractivity contribution in [3.63, 3.8) is 0 Å². The van der Waals surface area contributed by atoms with E-state index in [1.807, 2.05) is 30.3 Å². The lowest BCUT2D eigenvalue weighted by molar-refractivity contribution is -0.137. The molecule has 1 aliphatic rings. The van der Waals surface area contributed by atoms with Crippen molar-refractivity contribution in [2.24, 2.45) is 5.73 Å². The number of nitrogens with zero attached hydrogens (tertiary/aromatic N) is 1. The minimum atomic E-state index is -4.40. The van der Waals surface area contributed by atoms with E-state index in [0.717, 1.165) is 24.8 Å². The third-order valence-electron chi connectivity index (χ3n) is 4.26. The Morgan fingerprint density at radius 3 is 2.33 bits per heavy atom. The van der Waals surface area contributed by atoms with Crippen molar-refractivity contribution < 1.29 is 13.2 Å². The molecule has 3 rings (SSSR count). The van der Waals surface area contributed by atoms with Gasteiger partial charge in [0.25, 0.3) is 0 Å². The standard InChI is InChI=1S/C15H15F3N2S/c16-15(17,18)13-20-9-11(21-13)12(19)14(7-4-8-14)10-5-2-1-3-6-10/h1-3,5-6,9,12H,4,7-8,19H2. The molecular weight excluding hydrogens is 297 g/mol. The molecule has 1 heterocycles. The Hall–Kier alpha value is -1.40. The van der Waals surface area contributed by atoms with Crippen molar-refractivity contribution in [3.8, 4) is 0 Å². The first-order chi connectivity index (χ1) is 9.93. The molecule has 1 aromatic carbocycles. The molecule has 0 saturated heterocycles. The molecule has 2 nitrogen and oxygen atoms in total. The highest BCUT2D eigenvalue weighted by Crippen LogP contribution is 2.52. The van der Waals surface area contributed by atoms with Crippen LogP contribution in [0.5, 0.6) is 0 Å². The summed E-state index contributed by atoms with van der Waals surface area (Å²) < 4.78 is 38.1. The Bertz CT molecular complexity index is 617. The summed E-state index contributed by atoms with van der Waals surface area (Å²) in [4.78, 5) is 3.99. The maximum absolute atomic E-state index is 12.7. The lowest BCUT2D eigenvalue weighted by Gasteiger charge is -2.46. The number of hydrogen-bond acceptors (Lipinski definition) is 3. The summed E-state index contributed by atoms with van der Waals surface area (Å²) in [6.45, 7) is 0. The first kappa shape index (κ1) is 14.5. The molecule has 0 amide bonds. The summed E-state index contributed by atoms with van der Waals surface area (Å²) in [5.41, 5.74) is 7.18. The Morgan fingerprint density at radius 2 is 1.86 bits per heavy atom. The summed E-state index contributed by atoms with van der Waals surface area (Å²) in [5.74, 6) is 0. The number of nitrogens with two attached hydrogens (primary N) is 1. The summed E-state index contributed by atoms with van der Waals surface area (Å²) in [7, 11) is 0. The maximum Gasteiger partial charge on any atom is 0.443 e. The summed E-state index contributed by atoms with van der Waals surface area (Å²) in [5, 5.41) is -0.824. The molecule has 1 unspecified atom stereocenters. The minimum absolute atomic E-state index is 0.253. The summed E-state index contributed by atoms with van der Waals surface area (Å²) >= 11 is 0.658. The molecule has 6 heteroatoms. The summed E-state index contributed by atoms with van der Waals surface area (Å²) in [6.07, 6.45) is -0.272. The fourth-order valence-corrected chi connectivity index (χ4v) is 3.84. The van der Waals surface area contributed by atoms with E-state index in [1.165, 1.54) is 6.20 Å². The van der Waals surface area contributed by atoms with Crippen molar-refractivity contribution in [1.82, 2.24) is 4.98 Å². The predicted molar refractivity (Wildman–Crippen MR) is 76.0 cm³/mol. The molecule has 0 aliphatic heterocycles. The van der Waals surface area contributed by atoms with Crippen LogP contribution in [0, 0.1) is 0 Å². The number of benzene rings is 1. The zero-order valence-electron chi connectivity index (χ0n) is 11.2. The van der Waals surface area contributed by atoms with E-state index in [1.54, 1.807) is 0 Å². The van der Waals surface area contributed by atoms with Crippen LogP contribution in [0.3, 0.4) is 0 Å². The van der Waals surface area contributed by atoms with Crippen LogP contribution in [0.25, 0.3) is 0 Å². The van der Waals surface area contributed by atoms with E-state index >= 15 is 0 Å². The van der Waals surface area contributed by atoms with Gasteiger partial charge in [-0.25, -0.2) is 4.98 Å². The van der Waals surface area contributed by atoms with Crippen LogP contribution in [-0.2, 0) is 11.6 Å². The fraction of sp³-hybridized carbons (Fsp3) is 0.400. The highest BCUT2D eigenvalue weighted by molar-refractivity contribution is 7.11. The van der Waals surface area contributed by atoms with E-state index in [4.69, 9.17) is 5.73 Å². The van der Waals surface area contributed by atoms with Crippen molar-refractivity contribution >= 4 is 11.3 Å². The van der Waals surface area contributed by atoms with Crippen LogP contribution in [-0.4, -0.2) is 4.98 Å². The lowest BCUT2D eigenvalue weighted by Crippen LogP contribution is -2.44. The summed E-state index contributed by atoms with van der Waals surface area (Å²) in [6, 6.07) is 9.37. The highest BCUT2D eigenvalue weighted by atomic mass is 32.1. The van der Waals surface area contributed by atoms with Gasteiger partial charge in [-0.2, -0.15) is 13.2 Å². The third-order valence-corrected chi connectivity index (χ3v) is 5.39. The second kappa shape index (κ2) is 5.10. The van der Waals surface area contributed by atoms with Crippen LogP contribution >= 0.6 is 11.3 Å². The average Bonchev–Trinajstić information content (AvgIpc) is 2.88. The van der Waals surface area contributed by atoms with Crippen LogP contribution in [0.2, 0.25) is 0 Å². The first-order valence-electron chi connectivity index (χ1n) is 6.77. The minimum Gasteiger partial charge on any atom is -0.322 e.